The largest absolute Gasteiger partial charge is 0.420 e. The van der Waals surface area contributed by atoms with Gasteiger partial charge < -0.3 is 9.73 Å². The predicted octanol–water partition coefficient (Wildman–Crippen LogP) is 4.21. The van der Waals surface area contributed by atoms with E-state index in [4.69, 9.17) is 9.52 Å². The van der Waals surface area contributed by atoms with Crippen LogP contribution in [0.15, 0.2) is 34.7 Å². The predicted molar refractivity (Wildman–Crippen MR) is 112 cm³/mol. The topological polar surface area (TPSA) is 85.8 Å². The number of hydrogen-bond donors (Lipinski definition) is 1. The van der Waals surface area contributed by atoms with Gasteiger partial charge in [-0.3, -0.25) is 4.79 Å². The maximum atomic E-state index is 12.5. The number of aromatic nitrogens is 4. The molecular formula is C22H29N5O2. The molecule has 0 aliphatic rings. The summed E-state index contributed by atoms with van der Waals surface area (Å²) in [6, 6.07) is 9.50. The Kier molecular flexibility index (Phi) is 6.46. The molecule has 7 heteroatoms. The van der Waals surface area contributed by atoms with E-state index in [0.717, 1.165) is 24.2 Å². The number of nitrogens with zero attached hydrogens (tertiary/aromatic N) is 4. The first-order chi connectivity index (χ1) is 13.8. The average molecular weight is 396 g/mol. The van der Waals surface area contributed by atoms with Gasteiger partial charge in [0.1, 0.15) is 5.69 Å². The van der Waals surface area contributed by atoms with E-state index in [1.165, 1.54) is 0 Å². The highest BCUT2D eigenvalue weighted by molar-refractivity contribution is 5.94. The molecule has 1 N–H and O–H groups in total. The van der Waals surface area contributed by atoms with Crippen molar-refractivity contribution in [1.29, 1.82) is 0 Å². The molecule has 7 nitrogen and oxygen atoms in total. The molecule has 0 radical (unpaired) electrons. The van der Waals surface area contributed by atoms with Gasteiger partial charge in [0.05, 0.1) is 5.69 Å². The molecule has 0 unspecified atom stereocenters. The number of benzene rings is 1. The lowest BCUT2D eigenvalue weighted by Gasteiger charge is -2.11. The third-order valence-electron chi connectivity index (χ3n) is 4.53. The third-order valence-corrected chi connectivity index (χ3v) is 4.53. The second kappa shape index (κ2) is 9.03. The van der Waals surface area contributed by atoms with Crippen LogP contribution in [0.25, 0.3) is 17.3 Å². The summed E-state index contributed by atoms with van der Waals surface area (Å²) in [7, 11) is 0. The van der Waals surface area contributed by atoms with Crippen molar-refractivity contribution >= 4 is 5.91 Å². The molecule has 3 aromatic rings. The minimum Gasteiger partial charge on any atom is -0.420 e. The lowest BCUT2D eigenvalue weighted by atomic mass is 10.1. The molecule has 0 bridgehead atoms. The number of nitrogens with one attached hydrogen (secondary N) is 1. The Bertz CT molecular complexity index is 971. The van der Waals surface area contributed by atoms with Gasteiger partial charge in [-0.1, -0.05) is 33.8 Å². The van der Waals surface area contributed by atoms with Crippen molar-refractivity contribution < 1.29 is 9.21 Å². The standard InChI is InChI=1S/C22H29N5O2/c1-14(2)9-10-19-12-20(22-25-24-16(5)29-22)26-27(19)18-8-6-7-17(11-18)21(28)23-13-15(3)4/h6-8,11-12,14-15H,9-10,13H2,1-5H3,(H,23,28). The van der Waals surface area contributed by atoms with Crippen LogP contribution in [0.1, 0.15) is 56.1 Å². The number of amides is 1. The summed E-state index contributed by atoms with van der Waals surface area (Å²) in [5.74, 6) is 1.79. The highest BCUT2D eigenvalue weighted by Crippen LogP contribution is 2.23. The Morgan fingerprint density at radius 3 is 2.59 bits per heavy atom. The maximum Gasteiger partial charge on any atom is 0.268 e. The van der Waals surface area contributed by atoms with Crippen LogP contribution in [0.5, 0.6) is 0 Å². The SMILES string of the molecule is Cc1nnc(-c2cc(CCC(C)C)n(-c3cccc(C(=O)NCC(C)C)c3)n2)o1. The van der Waals surface area contributed by atoms with Gasteiger partial charge in [-0.25, -0.2) is 4.68 Å². The van der Waals surface area contributed by atoms with Crippen LogP contribution in [0.4, 0.5) is 0 Å². The quantitative estimate of drug-likeness (QED) is 0.618. The molecule has 0 fully saturated rings. The van der Waals surface area contributed by atoms with Crippen LogP contribution in [0.3, 0.4) is 0 Å². The van der Waals surface area contributed by atoms with Crippen LogP contribution < -0.4 is 5.32 Å². The van der Waals surface area contributed by atoms with E-state index in [-0.39, 0.29) is 5.91 Å². The van der Waals surface area contributed by atoms with Gasteiger partial charge in [-0.15, -0.1) is 10.2 Å². The van der Waals surface area contributed by atoms with E-state index < -0.39 is 0 Å². The fourth-order valence-corrected chi connectivity index (χ4v) is 2.94. The van der Waals surface area contributed by atoms with Crippen LogP contribution >= 0.6 is 0 Å². The molecule has 29 heavy (non-hydrogen) atoms. The first-order valence-corrected chi connectivity index (χ1v) is 10.1. The van der Waals surface area contributed by atoms with Gasteiger partial charge >= 0.3 is 0 Å². The second-order valence-corrected chi connectivity index (χ2v) is 8.15. The van der Waals surface area contributed by atoms with E-state index in [1.54, 1.807) is 6.92 Å². The summed E-state index contributed by atoms with van der Waals surface area (Å²) in [4.78, 5) is 12.5. The van der Waals surface area contributed by atoms with E-state index in [2.05, 4.69) is 43.2 Å². The van der Waals surface area contributed by atoms with E-state index in [0.29, 0.717) is 41.4 Å². The number of rotatable bonds is 8. The van der Waals surface area contributed by atoms with Crippen LogP contribution in [-0.2, 0) is 6.42 Å². The summed E-state index contributed by atoms with van der Waals surface area (Å²) in [6.07, 6.45) is 1.89. The molecule has 0 saturated carbocycles. The highest BCUT2D eigenvalue weighted by Gasteiger charge is 2.17. The molecule has 2 aromatic heterocycles. The fourth-order valence-electron chi connectivity index (χ4n) is 2.94. The Balaban J connectivity index is 1.94. The average Bonchev–Trinajstić information content (AvgIpc) is 3.30. The smallest absolute Gasteiger partial charge is 0.268 e. The van der Waals surface area contributed by atoms with E-state index in [9.17, 15) is 4.79 Å². The molecule has 1 amide bonds. The third kappa shape index (κ3) is 5.31. The summed E-state index contributed by atoms with van der Waals surface area (Å²) in [5.41, 5.74) is 3.13. The summed E-state index contributed by atoms with van der Waals surface area (Å²) < 4.78 is 7.42. The Labute approximate surface area is 171 Å². The number of aryl methyl sites for hydroxylation is 2. The zero-order valence-electron chi connectivity index (χ0n) is 17.8. The molecular weight excluding hydrogens is 366 g/mol. The molecule has 0 aliphatic carbocycles. The first-order valence-electron chi connectivity index (χ1n) is 10.1. The Morgan fingerprint density at radius 2 is 1.93 bits per heavy atom. The Morgan fingerprint density at radius 1 is 1.14 bits per heavy atom. The van der Waals surface area contributed by atoms with Gasteiger partial charge in [-0.05, 0) is 48.9 Å². The lowest BCUT2D eigenvalue weighted by molar-refractivity contribution is 0.0949. The number of carbonyl (C=O) groups is 1. The highest BCUT2D eigenvalue weighted by atomic mass is 16.4. The van der Waals surface area contributed by atoms with Crippen LogP contribution in [-0.4, -0.2) is 32.4 Å². The monoisotopic (exact) mass is 395 g/mol. The van der Waals surface area contributed by atoms with Gasteiger partial charge in [0.25, 0.3) is 11.8 Å². The first kappa shape index (κ1) is 20.8. The lowest BCUT2D eigenvalue weighted by Crippen LogP contribution is -2.27. The normalized spacial score (nSPS) is 11.4. The fraction of sp³-hybridized carbons (Fsp3) is 0.455. The minimum atomic E-state index is -0.0795. The van der Waals surface area contributed by atoms with Gasteiger partial charge in [0.2, 0.25) is 5.89 Å². The maximum absolute atomic E-state index is 12.5. The van der Waals surface area contributed by atoms with Gasteiger partial charge in [-0.2, -0.15) is 5.10 Å². The van der Waals surface area contributed by atoms with Crippen molar-refractivity contribution in [3.8, 4) is 17.3 Å². The Hall–Kier alpha value is -2.96. The van der Waals surface area contributed by atoms with Gasteiger partial charge in [0, 0.05) is 24.7 Å². The molecule has 3 rings (SSSR count). The second-order valence-electron chi connectivity index (χ2n) is 8.15. The summed E-state index contributed by atoms with van der Waals surface area (Å²) in [5, 5.41) is 15.7. The van der Waals surface area contributed by atoms with Crippen molar-refractivity contribution in [3.05, 3.63) is 47.5 Å². The van der Waals surface area contributed by atoms with E-state index >= 15 is 0 Å². The molecule has 0 saturated heterocycles. The summed E-state index contributed by atoms with van der Waals surface area (Å²) in [6.45, 7) is 10.9. The number of hydrogen-bond acceptors (Lipinski definition) is 5. The van der Waals surface area contributed by atoms with Crippen molar-refractivity contribution in [2.24, 2.45) is 11.8 Å². The molecule has 2 heterocycles. The zero-order valence-corrected chi connectivity index (χ0v) is 17.8. The van der Waals surface area contributed by atoms with Crippen molar-refractivity contribution in [2.75, 3.05) is 6.54 Å². The molecule has 0 atom stereocenters. The van der Waals surface area contributed by atoms with Crippen molar-refractivity contribution in [3.63, 3.8) is 0 Å². The van der Waals surface area contributed by atoms with Gasteiger partial charge in [0.15, 0.2) is 0 Å². The zero-order chi connectivity index (χ0) is 21.0. The molecule has 0 spiro atoms. The number of carbonyl (C=O) groups excluding carboxylic acids is 1. The van der Waals surface area contributed by atoms with Crippen LogP contribution in [0, 0.1) is 18.8 Å². The summed E-state index contributed by atoms with van der Waals surface area (Å²) >= 11 is 0. The van der Waals surface area contributed by atoms with Crippen molar-refractivity contribution in [2.45, 2.75) is 47.5 Å². The van der Waals surface area contributed by atoms with Crippen LogP contribution in [0.2, 0.25) is 0 Å². The van der Waals surface area contributed by atoms with E-state index in [1.807, 2.05) is 35.0 Å². The minimum absolute atomic E-state index is 0.0795. The molecule has 0 aliphatic heterocycles. The molecule has 154 valence electrons. The van der Waals surface area contributed by atoms with Crippen molar-refractivity contribution in [1.82, 2.24) is 25.3 Å². The molecule has 1 aromatic carbocycles.